The summed E-state index contributed by atoms with van der Waals surface area (Å²) in [5.74, 6) is 1.39. The van der Waals surface area contributed by atoms with E-state index in [-0.39, 0.29) is 19.6 Å². The third kappa shape index (κ3) is 3.98. The van der Waals surface area contributed by atoms with E-state index < -0.39 is 0 Å². The highest BCUT2D eigenvalue weighted by molar-refractivity contribution is 5.46. The predicted molar refractivity (Wildman–Crippen MR) is 83.9 cm³/mol. The summed E-state index contributed by atoms with van der Waals surface area (Å²) in [4.78, 5) is 0. The minimum atomic E-state index is -0.374. The molecule has 5 nitrogen and oxygen atoms in total. The van der Waals surface area contributed by atoms with Crippen LogP contribution in [0.3, 0.4) is 0 Å². The Bertz CT molecular complexity index is 537. The van der Waals surface area contributed by atoms with Gasteiger partial charge in [0.1, 0.15) is 11.5 Å². The summed E-state index contributed by atoms with van der Waals surface area (Å²) in [6.45, 7) is 0.344. The molecule has 0 saturated carbocycles. The number of methoxy groups -OCH3 is 2. The summed E-state index contributed by atoms with van der Waals surface area (Å²) in [6.07, 6.45) is 0. The Morgan fingerprint density at radius 1 is 0.773 bits per heavy atom. The average molecular weight is 303 g/mol. The van der Waals surface area contributed by atoms with Gasteiger partial charge < -0.3 is 24.7 Å². The minimum Gasteiger partial charge on any atom is -0.467 e. The van der Waals surface area contributed by atoms with Crippen LogP contribution in [-0.2, 0) is 9.47 Å². The van der Waals surface area contributed by atoms with E-state index in [2.05, 4.69) is 0 Å². The first kappa shape index (κ1) is 16.3. The van der Waals surface area contributed by atoms with Crippen molar-refractivity contribution in [3.63, 3.8) is 0 Å². The van der Waals surface area contributed by atoms with Crippen molar-refractivity contribution in [1.82, 2.24) is 0 Å². The molecule has 0 bridgehead atoms. The summed E-state index contributed by atoms with van der Waals surface area (Å²) in [7, 11) is 3.16. The van der Waals surface area contributed by atoms with Crippen molar-refractivity contribution in [2.24, 2.45) is 5.73 Å². The lowest BCUT2D eigenvalue weighted by Crippen LogP contribution is -2.15. The van der Waals surface area contributed by atoms with E-state index in [1.165, 1.54) is 0 Å². The molecule has 2 N–H and O–H groups in total. The van der Waals surface area contributed by atoms with Gasteiger partial charge in [-0.3, -0.25) is 0 Å². The van der Waals surface area contributed by atoms with Crippen LogP contribution < -0.4 is 15.2 Å². The fourth-order valence-electron chi connectivity index (χ4n) is 2.15. The largest absolute Gasteiger partial charge is 0.467 e. The second-order valence-electron chi connectivity index (χ2n) is 4.66. The Labute approximate surface area is 130 Å². The van der Waals surface area contributed by atoms with E-state index in [1.54, 1.807) is 14.2 Å². The van der Waals surface area contributed by atoms with Crippen LogP contribution in [0.4, 0.5) is 0 Å². The number of nitrogens with two attached hydrogens (primary N) is 1. The van der Waals surface area contributed by atoms with Crippen LogP contribution in [0.25, 0.3) is 0 Å². The van der Waals surface area contributed by atoms with Gasteiger partial charge in [-0.25, -0.2) is 0 Å². The van der Waals surface area contributed by atoms with Crippen LogP contribution in [0.15, 0.2) is 48.5 Å². The molecule has 0 saturated heterocycles. The van der Waals surface area contributed by atoms with Gasteiger partial charge in [-0.15, -0.1) is 0 Å². The number of benzene rings is 2. The molecule has 0 atom stereocenters. The van der Waals surface area contributed by atoms with Gasteiger partial charge in [-0.1, -0.05) is 36.4 Å². The molecule has 22 heavy (non-hydrogen) atoms. The molecule has 2 aromatic rings. The van der Waals surface area contributed by atoms with Gasteiger partial charge in [0.05, 0.1) is 6.04 Å². The molecule has 2 rings (SSSR count). The second kappa shape index (κ2) is 8.38. The van der Waals surface area contributed by atoms with Crippen LogP contribution in [0, 0.1) is 0 Å². The van der Waals surface area contributed by atoms with Crippen LogP contribution in [-0.4, -0.2) is 27.8 Å². The van der Waals surface area contributed by atoms with Crippen molar-refractivity contribution >= 4 is 0 Å². The molecule has 0 aliphatic heterocycles. The molecule has 0 amide bonds. The number of rotatable bonds is 8. The van der Waals surface area contributed by atoms with E-state index in [1.807, 2.05) is 48.5 Å². The fourth-order valence-corrected chi connectivity index (χ4v) is 2.15. The van der Waals surface area contributed by atoms with Gasteiger partial charge in [-0.2, -0.15) is 0 Å². The van der Waals surface area contributed by atoms with Crippen molar-refractivity contribution in [2.75, 3.05) is 27.8 Å². The minimum absolute atomic E-state index is 0.172. The summed E-state index contributed by atoms with van der Waals surface area (Å²) >= 11 is 0. The normalized spacial score (nSPS) is 10.7. The van der Waals surface area contributed by atoms with Crippen LogP contribution in [0.2, 0.25) is 0 Å². The quantitative estimate of drug-likeness (QED) is 0.760. The fraction of sp³-hybridized carbons (Fsp3) is 0.294. The van der Waals surface area contributed by atoms with Gasteiger partial charge in [-0.05, 0) is 12.1 Å². The average Bonchev–Trinajstić information content (AvgIpc) is 2.58. The number of hydrogen-bond acceptors (Lipinski definition) is 5. The van der Waals surface area contributed by atoms with Gasteiger partial charge in [0, 0.05) is 25.3 Å². The van der Waals surface area contributed by atoms with Gasteiger partial charge in [0.15, 0.2) is 13.6 Å². The molecule has 0 heterocycles. The van der Waals surface area contributed by atoms with Crippen molar-refractivity contribution in [1.29, 1.82) is 0 Å². The first-order valence-electron chi connectivity index (χ1n) is 6.94. The van der Waals surface area contributed by atoms with E-state index in [0.717, 1.165) is 11.1 Å². The number of ether oxygens (including phenoxy) is 4. The zero-order valence-electron chi connectivity index (χ0n) is 12.8. The molecular formula is C17H21NO4. The van der Waals surface area contributed by atoms with Crippen LogP contribution >= 0.6 is 0 Å². The topological polar surface area (TPSA) is 62.9 Å². The van der Waals surface area contributed by atoms with Gasteiger partial charge >= 0.3 is 0 Å². The number of para-hydroxylation sites is 2. The van der Waals surface area contributed by atoms with Crippen molar-refractivity contribution in [3.05, 3.63) is 59.7 Å². The SMILES string of the molecule is COCOc1ccccc1C(N)c1ccccc1OCOC. The van der Waals surface area contributed by atoms with Crippen molar-refractivity contribution in [3.8, 4) is 11.5 Å². The monoisotopic (exact) mass is 303 g/mol. The smallest absolute Gasteiger partial charge is 0.188 e. The van der Waals surface area contributed by atoms with Gasteiger partial charge in [0.2, 0.25) is 0 Å². The maximum absolute atomic E-state index is 6.42. The highest BCUT2D eigenvalue weighted by Crippen LogP contribution is 2.33. The van der Waals surface area contributed by atoms with Gasteiger partial charge in [0.25, 0.3) is 0 Å². The summed E-state index contributed by atoms with van der Waals surface area (Å²) in [5.41, 5.74) is 8.16. The molecule has 118 valence electrons. The van der Waals surface area contributed by atoms with Crippen LogP contribution in [0.1, 0.15) is 17.2 Å². The predicted octanol–water partition coefficient (Wildman–Crippen LogP) is 2.70. The molecule has 2 aromatic carbocycles. The Kier molecular flexibility index (Phi) is 6.21. The molecule has 0 unspecified atom stereocenters. The Hall–Kier alpha value is -2.08. The molecule has 0 radical (unpaired) electrons. The lowest BCUT2D eigenvalue weighted by molar-refractivity contribution is 0.0494. The highest BCUT2D eigenvalue weighted by atomic mass is 16.7. The summed E-state index contributed by atoms with van der Waals surface area (Å²) in [5, 5.41) is 0. The third-order valence-electron chi connectivity index (χ3n) is 3.17. The zero-order chi connectivity index (χ0) is 15.8. The van der Waals surface area contributed by atoms with E-state index in [4.69, 9.17) is 24.7 Å². The molecule has 0 aliphatic rings. The lowest BCUT2D eigenvalue weighted by Gasteiger charge is -2.19. The summed E-state index contributed by atoms with van der Waals surface area (Å²) in [6, 6.07) is 14.9. The molecule has 0 fully saturated rings. The Morgan fingerprint density at radius 3 is 1.59 bits per heavy atom. The number of hydrogen-bond donors (Lipinski definition) is 1. The molecule has 5 heteroatoms. The van der Waals surface area contributed by atoms with Crippen molar-refractivity contribution < 1.29 is 18.9 Å². The van der Waals surface area contributed by atoms with Crippen LogP contribution in [0.5, 0.6) is 11.5 Å². The molecular weight excluding hydrogens is 282 g/mol. The van der Waals surface area contributed by atoms with E-state index >= 15 is 0 Å². The first-order chi connectivity index (χ1) is 10.8. The Morgan fingerprint density at radius 2 is 1.18 bits per heavy atom. The summed E-state index contributed by atoms with van der Waals surface area (Å²) < 4.78 is 21.1. The maximum atomic E-state index is 6.42. The van der Waals surface area contributed by atoms with Crippen molar-refractivity contribution in [2.45, 2.75) is 6.04 Å². The van der Waals surface area contributed by atoms with E-state index in [0.29, 0.717) is 11.5 Å². The Balaban J connectivity index is 2.30. The standard InChI is InChI=1S/C17H21NO4/c1-19-11-21-15-9-5-3-7-13(15)17(18)14-8-4-6-10-16(14)22-12-20-2/h3-10,17H,11-12,18H2,1-2H3. The lowest BCUT2D eigenvalue weighted by atomic mass is 9.98. The molecule has 0 aliphatic carbocycles. The highest BCUT2D eigenvalue weighted by Gasteiger charge is 2.17. The third-order valence-corrected chi connectivity index (χ3v) is 3.17. The van der Waals surface area contributed by atoms with E-state index in [9.17, 15) is 0 Å². The second-order valence-corrected chi connectivity index (χ2v) is 4.66. The first-order valence-corrected chi connectivity index (χ1v) is 6.94. The zero-order valence-corrected chi connectivity index (χ0v) is 12.8. The molecule has 0 spiro atoms. The molecule has 0 aromatic heterocycles. The maximum Gasteiger partial charge on any atom is 0.188 e.